The lowest BCUT2D eigenvalue weighted by Crippen LogP contribution is -2.60. The average molecular weight is 759 g/mol. The van der Waals surface area contributed by atoms with Crippen LogP contribution in [0.4, 0.5) is 18.9 Å². The second-order valence-corrected chi connectivity index (χ2v) is 14.5. The second-order valence-electron chi connectivity index (χ2n) is 14.5. The van der Waals surface area contributed by atoms with Gasteiger partial charge in [-0.2, -0.15) is 18.2 Å². The minimum Gasteiger partial charge on any atom is -0.494 e. The van der Waals surface area contributed by atoms with E-state index in [1.54, 1.807) is 18.2 Å². The zero-order chi connectivity index (χ0) is 38.6. The Morgan fingerprint density at radius 1 is 1.00 bits per heavy atom. The maximum atomic E-state index is 13.7. The van der Waals surface area contributed by atoms with Gasteiger partial charge in [-0.3, -0.25) is 10.1 Å². The van der Waals surface area contributed by atoms with Crippen LogP contribution in [0.15, 0.2) is 52.4 Å². The van der Waals surface area contributed by atoms with Crippen molar-refractivity contribution in [2.24, 2.45) is 15.4 Å². The fourth-order valence-corrected chi connectivity index (χ4v) is 6.64. The van der Waals surface area contributed by atoms with E-state index in [2.05, 4.69) is 61.8 Å². The Kier molecular flexibility index (Phi) is 14.4. The monoisotopic (exact) mass is 758 g/mol. The normalized spacial score (nSPS) is 20.7. The Bertz CT molecular complexity index is 1580. The highest BCUT2D eigenvalue weighted by atomic mass is 19.4. The van der Waals surface area contributed by atoms with Gasteiger partial charge in [0, 0.05) is 50.3 Å². The lowest BCUT2D eigenvalue weighted by atomic mass is 10.1. The van der Waals surface area contributed by atoms with Crippen LogP contribution in [0.1, 0.15) is 82.1 Å². The Labute approximate surface area is 317 Å². The lowest BCUT2D eigenvalue weighted by molar-refractivity contribution is -0.204. The van der Waals surface area contributed by atoms with E-state index in [1.807, 2.05) is 24.3 Å². The van der Waals surface area contributed by atoms with Crippen LogP contribution in [-0.4, -0.2) is 105 Å². The summed E-state index contributed by atoms with van der Waals surface area (Å²) in [5.41, 5.74) is 1.87. The Morgan fingerprint density at radius 3 is 2.41 bits per heavy atom. The van der Waals surface area contributed by atoms with E-state index in [9.17, 15) is 18.0 Å². The molecule has 1 saturated carbocycles. The van der Waals surface area contributed by atoms with Gasteiger partial charge in [-0.15, -0.1) is 0 Å². The summed E-state index contributed by atoms with van der Waals surface area (Å²) < 4.78 is 57.3. The molecule has 2 aromatic rings. The highest BCUT2D eigenvalue weighted by Gasteiger charge is 2.44. The van der Waals surface area contributed by atoms with Gasteiger partial charge in [-0.05, 0) is 88.0 Å². The van der Waals surface area contributed by atoms with E-state index in [4.69, 9.17) is 14.2 Å². The van der Waals surface area contributed by atoms with Gasteiger partial charge < -0.3 is 40.0 Å². The number of hydrogen-bond donors (Lipinski definition) is 4. The minimum atomic E-state index is -4.57. The zero-order valence-electron chi connectivity index (χ0n) is 32.1. The third-order valence-electron chi connectivity index (χ3n) is 9.69. The Balaban J connectivity index is 1.40. The molecule has 2 aromatic carbocycles. The summed E-state index contributed by atoms with van der Waals surface area (Å²) in [5, 5.41) is 12.2. The molecule has 0 saturated heterocycles. The SMILES string of the molecule is CCCN1CCCOc2ccc(cc2)CN=C2NC(=NC(C)(OCC(F)(F)F)N2)Nc2ccc(C(=O)NCC3(CN(CC)CCC)CC3)c(c2)OCCC1. The number of nitrogens with zero attached hydrogens (tertiary/aromatic N) is 4. The highest BCUT2D eigenvalue weighted by molar-refractivity contribution is 6.07. The van der Waals surface area contributed by atoms with Crippen molar-refractivity contribution in [2.45, 2.75) is 84.8 Å². The minimum absolute atomic E-state index is 0.0813. The van der Waals surface area contributed by atoms with Gasteiger partial charge in [0.25, 0.3) is 5.91 Å². The molecule has 15 heteroatoms. The number of alkyl halides is 3. The Hall–Kier alpha value is -4.08. The van der Waals surface area contributed by atoms with Gasteiger partial charge in [-0.25, -0.2) is 4.99 Å². The van der Waals surface area contributed by atoms with Crippen molar-refractivity contribution in [1.82, 2.24) is 25.8 Å². The highest BCUT2D eigenvalue weighted by Crippen LogP contribution is 2.45. The van der Waals surface area contributed by atoms with Crippen LogP contribution in [0.2, 0.25) is 0 Å². The first-order chi connectivity index (χ1) is 25.9. The first-order valence-electron chi connectivity index (χ1n) is 19.3. The molecule has 298 valence electrons. The number of fused-ring (bicyclic) bond motifs is 11. The summed E-state index contributed by atoms with van der Waals surface area (Å²) in [5.74, 6) is -0.604. The fourth-order valence-electron chi connectivity index (χ4n) is 6.64. The van der Waals surface area contributed by atoms with Crippen molar-refractivity contribution in [3.63, 3.8) is 0 Å². The zero-order valence-corrected chi connectivity index (χ0v) is 32.1. The number of anilines is 1. The van der Waals surface area contributed by atoms with E-state index >= 15 is 0 Å². The van der Waals surface area contributed by atoms with Crippen LogP contribution in [0.25, 0.3) is 0 Å². The number of nitrogens with one attached hydrogen (secondary N) is 4. The molecule has 12 nitrogen and oxygen atoms in total. The largest absolute Gasteiger partial charge is 0.494 e. The van der Waals surface area contributed by atoms with Crippen molar-refractivity contribution in [2.75, 3.05) is 71.0 Å². The molecular formula is C39H57F3N8O4. The van der Waals surface area contributed by atoms with Gasteiger partial charge in [0.15, 0.2) is 0 Å². The molecule has 3 aliphatic heterocycles. The molecule has 54 heavy (non-hydrogen) atoms. The van der Waals surface area contributed by atoms with Crippen molar-refractivity contribution in [1.29, 1.82) is 0 Å². The number of benzene rings is 2. The first-order valence-corrected chi connectivity index (χ1v) is 19.3. The lowest BCUT2D eigenvalue weighted by Gasteiger charge is -2.34. The van der Waals surface area contributed by atoms with Crippen LogP contribution >= 0.6 is 0 Å². The standard InChI is InChI=1S/C39H57F3N8O4/c1-5-18-49(7-3)27-38(16-17-38)26-44-34(51)32-15-12-30-24-33(32)53-23-9-21-50(19-6-2)20-8-22-52-31-13-10-29(11-14-31)25-43-35-46-36(45-30)48-37(4,47-35)54-28-39(40,41)42/h10-15,24H,5-9,16-23,25-28H2,1-4H3,(H,44,51)(H3,43,45,46,47,48). The maximum absolute atomic E-state index is 13.7. The van der Waals surface area contributed by atoms with Crippen LogP contribution in [-0.2, 0) is 11.3 Å². The maximum Gasteiger partial charge on any atom is 0.411 e. The van der Waals surface area contributed by atoms with Crippen molar-refractivity contribution in [3.8, 4) is 11.5 Å². The van der Waals surface area contributed by atoms with Crippen molar-refractivity contribution >= 4 is 23.5 Å². The number of guanidine groups is 2. The molecule has 4 aliphatic rings. The number of carbonyl (C=O) groups excluding carboxylic acids is 1. The van der Waals surface area contributed by atoms with Crippen LogP contribution in [0, 0.1) is 5.41 Å². The van der Waals surface area contributed by atoms with E-state index in [0.717, 1.165) is 89.1 Å². The molecule has 6 bridgehead atoms. The smallest absolute Gasteiger partial charge is 0.411 e. The molecule has 1 atom stereocenters. The molecule has 1 unspecified atom stereocenters. The summed E-state index contributed by atoms with van der Waals surface area (Å²) in [7, 11) is 0. The molecule has 0 spiro atoms. The van der Waals surface area contributed by atoms with Crippen LogP contribution < -0.4 is 30.7 Å². The topological polar surface area (TPSA) is 124 Å². The predicted octanol–water partition coefficient (Wildman–Crippen LogP) is 5.96. The van der Waals surface area contributed by atoms with Gasteiger partial charge in [0.05, 0.1) is 25.3 Å². The molecule has 6 rings (SSSR count). The van der Waals surface area contributed by atoms with E-state index < -0.39 is 18.6 Å². The first kappa shape index (κ1) is 41.1. The molecular weight excluding hydrogens is 701 g/mol. The third kappa shape index (κ3) is 12.8. The number of ether oxygens (including phenoxy) is 3. The number of hydrogen-bond acceptors (Lipinski definition) is 11. The summed E-state index contributed by atoms with van der Waals surface area (Å²) in [6.07, 6.45) is 1.29. The van der Waals surface area contributed by atoms with E-state index in [-0.39, 0.29) is 29.8 Å². The molecule has 0 radical (unpaired) electrons. The molecule has 0 aromatic heterocycles. The second kappa shape index (κ2) is 19.0. The molecule has 3 heterocycles. The van der Waals surface area contributed by atoms with E-state index in [1.165, 1.54) is 6.92 Å². The predicted molar refractivity (Wildman–Crippen MR) is 205 cm³/mol. The molecule has 1 amide bonds. The van der Waals surface area contributed by atoms with Gasteiger partial charge in [0.1, 0.15) is 18.1 Å². The molecule has 4 N–H and O–H groups in total. The number of amides is 1. The van der Waals surface area contributed by atoms with Crippen LogP contribution in [0.5, 0.6) is 11.5 Å². The number of carbonyl (C=O) groups is 1. The summed E-state index contributed by atoms with van der Waals surface area (Å²) in [4.78, 5) is 27.6. The molecule has 1 fully saturated rings. The van der Waals surface area contributed by atoms with E-state index in [0.29, 0.717) is 36.8 Å². The van der Waals surface area contributed by atoms with Crippen LogP contribution in [0.3, 0.4) is 0 Å². The average Bonchev–Trinajstić information content (AvgIpc) is 3.91. The molecule has 1 aliphatic carbocycles. The van der Waals surface area contributed by atoms with Gasteiger partial charge >= 0.3 is 6.18 Å². The summed E-state index contributed by atoms with van der Waals surface area (Å²) in [6.45, 7) is 13.8. The number of rotatable bonds is 12. The summed E-state index contributed by atoms with van der Waals surface area (Å²) >= 11 is 0. The quantitative estimate of drug-likeness (QED) is 0.208. The number of halogens is 3. The fraction of sp³-hybridized carbons (Fsp3) is 0.615. The third-order valence-corrected chi connectivity index (χ3v) is 9.69. The van der Waals surface area contributed by atoms with Gasteiger partial charge in [-0.1, -0.05) is 32.9 Å². The van der Waals surface area contributed by atoms with Crippen molar-refractivity contribution < 1.29 is 32.2 Å². The number of aliphatic imine (C=N–C) groups is 2. The van der Waals surface area contributed by atoms with Gasteiger partial charge in [0.2, 0.25) is 17.8 Å². The Morgan fingerprint density at radius 2 is 1.74 bits per heavy atom. The summed E-state index contributed by atoms with van der Waals surface area (Å²) in [6, 6.07) is 12.7. The van der Waals surface area contributed by atoms with Crippen molar-refractivity contribution in [3.05, 3.63) is 53.6 Å².